The topological polar surface area (TPSA) is 105 Å². The summed E-state index contributed by atoms with van der Waals surface area (Å²) in [5.41, 5.74) is 2.17. The number of hydrogen-bond donors (Lipinski definition) is 3. The van der Waals surface area contributed by atoms with Crippen LogP contribution in [-0.2, 0) is 21.0 Å². The monoisotopic (exact) mass is 562 g/mol. The van der Waals surface area contributed by atoms with Crippen molar-refractivity contribution in [1.82, 2.24) is 0 Å². The Labute approximate surface area is 245 Å². The molecule has 214 valence electrons. The van der Waals surface area contributed by atoms with Crippen molar-refractivity contribution in [2.45, 2.75) is 38.4 Å². The largest absolute Gasteiger partial charge is 0.489 e. The van der Waals surface area contributed by atoms with E-state index in [0.29, 0.717) is 29.3 Å². The molecule has 0 radical (unpaired) electrons. The summed E-state index contributed by atoms with van der Waals surface area (Å²) in [4.78, 5) is 41.0. The van der Waals surface area contributed by atoms with Gasteiger partial charge in [0.05, 0.1) is 11.5 Å². The van der Waals surface area contributed by atoms with Crippen LogP contribution in [0.2, 0.25) is 0 Å². The first-order valence-electron chi connectivity index (χ1n) is 14.0. The molecule has 42 heavy (non-hydrogen) atoms. The fourth-order valence-corrected chi connectivity index (χ4v) is 5.61. The number of carbonyl (C=O) groups is 3. The fraction of sp³-hybridized carbons (Fsp3) is 0.229. The van der Waals surface area contributed by atoms with Crippen molar-refractivity contribution < 1.29 is 24.2 Å². The number of nitrogens with one attached hydrogen (secondary N) is 2. The molecule has 1 saturated carbocycles. The number of amides is 2. The van der Waals surface area contributed by atoms with Crippen molar-refractivity contribution in [3.8, 4) is 5.75 Å². The summed E-state index contributed by atoms with van der Waals surface area (Å²) in [7, 11) is 0. The highest BCUT2D eigenvalue weighted by molar-refractivity contribution is 6.10. The lowest BCUT2D eigenvalue weighted by atomic mass is 9.61. The maximum absolute atomic E-state index is 13.8. The van der Waals surface area contributed by atoms with Gasteiger partial charge in [-0.15, -0.1) is 0 Å². The van der Waals surface area contributed by atoms with Gasteiger partial charge in [0.2, 0.25) is 11.8 Å². The van der Waals surface area contributed by atoms with Crippen LogP contribution in [0.1, 0.15) is 36.0 Å². The van der Waals surface area contributed by atoms with E-state index in [9.17, 15) is 19.5 Å². The smallest absolute Gasteiger partial charge is 0.235 e. The molecule has 5 rings (SSSR count). The number of hydrogen-bond acceptors (Lipinski definition) is 5. The third-order valence-electron chi connectivity index (χ3n) is 7.71. The first kappa shape index (κ1) is 28.8. The number of anilines is 2. The summed E-state index contributed by atoms with van der Waals surface area (Å²) < 4.78 is 5.97. The van der Waals surface area contributed by atoms with Crippen molar-refractivity contribution in [2.75, 3.05) is 10.6 Å². The Hall–Kier alpha value is -4.75. The average Bonchev–Trinajstić information content (AvgIpc) is 2.97. The second kappa shape index (κ2) is 12.4. The number of aryl methyl sites for hydroxylation is 1. The number of para-hydroxylation sites is 2. The highest BCUT2D eigenvalue weighted by Crippen LogP contribution is 2.47. The number of benzene rings is 4. The molecular weight excluding hydrogens is 528 g/mol. The van der Waals surface area contributed by atoms with Crippen LogP contribution in [0, 0.1) is 18.8 Å². The number of carbonyl (C=O) groups excluding carboxylic acids is 3. The fourth-order valence-electron chi connectivity index (χ4n) is 5.61. The molecule has 1 aliphatic rings. The zero-order valence-corrected chi connectivity index (χ0v) is 23.6. The maximum atomic E-state index is 13.8. The van der Waals surface area contributed by atoms with Crippen LogP contribution < -0.4 is 15.4 Å². The zero-order chi connectivity index (χ0) is 29.7. The predicted molar refractivity (Wildman–Crippen MR) is 162 cm³/mol. The Balaban J connectivity index is 1.47. The summed E-state index contributed by atoms with van der Waals surface area (Å²) in [6.45, 7) is 3.88. The molecule has 4 aromatic carbocycles. The minimum Gasteiger partial charge on any atom is -0.489 e. The summed E-state index contributed by atoms with van der Waals surface area (Å²) in [6, 6.07) is 32.9. The zero-order valence-electron chi connectivity index (χ0n) is 23.6. The van der Waals surface area contributed by atoms with Crippen molar-refractivity contribution in [1.29, 1.82) is 0 Å². The molecule has 4 unspecified atom stereocenters. The van der Waals surface area contributed by atoms with E-state index in [4.69, 9.17) is 4.74 Å². The highest BCUT2D eigenvalue weighted by Gasteiger charge is 2.55. The van der Waals surface area contributed by atoms with Gasteiger partial charge in [0.1, 0.15) is 24.1 Å². The first-order valence-corrected chi connectivity index (χ1v) is 14.0. The van der Waals surface area contributed by atoms with E-state index in [1.807, 2.05) is 43.3 Å². The van der Waals surface area contributed by atoms with Crippen molar-refractivity contribution in [2.24, 2.45) is 11.8 Å². The molecule has 0 aromatic heterocycles. The molecule has 4 aromatic rings. The van der Waals surface area contributed by atoms with E-state index in [0.717, 1.165) is 11.1 Å². The minimum absolute atomic E-state index is 0.332. The Kier molecular flexibility index (Phi) is 8.50. The van der Waals surface area contributed by atoms with E-state index in [1.165, 1.54) is 6.92 Å². The van der Waals surface area contributed by atoms with Crippen LogP contribution in [0.15, 0.2) is 109 Å². The van der Waals surface area contributed by atoms with Gasteiger partial charge in [0, 0.05) is 23.7 Å². The first-order chi connectivity index (χ1) is 20.2. The van der Waals surface area contributed by atoms with Gasteiger partial charge in [-0.1, -0.05) is 78.4 Å². The molecule has 1 aliphatic carbocycles. The predicted octanol–water partition coefficient (Wildman–Crippen LogP) is 5.89. The molecule has 0 heterocycles. The molecule has 1 fully saturated rings. The summed E-state index contributed by atoms with van der Waals surface area (Å²) in [5, 5.41) is 17.2. The van der Waals surface area contributed by atoms with Crippen molar-refractivity contribution >= 4 is 29.0 Å². The van der Waals surface area contributed by atoms with Crippen molar-refractivity contribution in [3.63, 3.8) is 0 Å². The number of ether oxygens (including phenoxy) is 1. The lowest BCUT2D eigenvalue weighted by Gasteiger charge is -2.44. The molecule has 0 bridgehead atoms. The van der Waals surface area contributed by atoms with E-state index >= 15 is 0 Å². The number of rotatable bonds is 8. The number of aliphatic hydroxyl groups is 1. The molecule has 3 N–H and O–H groups in total. The van der Waals surface area contributed by atoms with Crippen LogP contribution in [-0.4, -0.2) is 28.3 Å². The molecule has 0 aliphatic heterocycles. The van der Waals surface area contributed by atoms with Crippen LogP contribution >= 0.6 is 0 Å². The number of Topliss-reactive ketones (excluding diaryl/α,β-unsaturated/α-hetero) is 1. The summed E-state index contributed by atoms with van der Waals surface area (Å²) >= 11 is 0. The summed E-state index contributed by atoms with van der Waals surface area (Å²) in [6.07, 6.45) is -0.332. The van der Waals surface area contributed by atoms with Gasteiger partial charge in [0.25, 0.3) is 0 Å². The quantitative estimate of drug-likeness (QED) is 0.232. The molecular formula is C35H34N2O5. The third kappa shape index (κ3) is 6.58. The van der Waals surface area contributed by atoms with Gasteiger partial charge in [-0.05, 0) is 61.4 Å². The standard InChI is InChI=1S/C35H34N2O5/c1-23-13-15-24(16-14-23)22-42-28-19-17-25(18-20-28)30-31(33(39)36-26-9-5-3-6-10-26)29(38)21-35(2,41)32(30)34(40)37-27-11-7-4-8-12-27/h3-20,30-32,41H,21-22H2,1-2H3,(H,36,39)(H,37,40). The molecule has 7 nitrogen and oxygen atoms in total. The maximum Gasteiger partial charge on any atom is 0.235 e. The average molecular weight is 563 g/mol. The molecule has 4 atom stereocenters. The van der Waals surface area contributed by atoms with Crippen LogP contribution in [0.4, 0.5) is 11.4 Å². The summed E-state index contributed by atoms with van der Waals surface area (Å²) in [5.74, 6) is -4.05. The molecule has 2 amide bonds. The minimum atomic E-state index is -1.69. The van der Waals surface area contributed by atoms with Crippen LogP contribution in [0.25, 0.3) is 0 Å². The van der Waals surface area contributed by atoms with Gasteiger partial charge in [-0.3, -0.25) is 14.4 Å². The second-order valence-electron chi connectivity index (χ2n) is 11.0. The lowest BCUT2D eigenvalue weighted by molar-refractivity contribution is -0.150. The Morgan fingerprint density at radius 2 is 1.36 bits per heavy atom. The molecule has 7 heteroatoms. The lowest BCUT2D eigenvalue weighted by Crippen LogP contribution is -2.56. The Morgan fingerprint density at radius 1 is 0.810 bits per heavy atom. The van der Waals surface area contributed by atoms with Gasteiger partial charge in [0.15, 0.2) is 0 Å². The normalized spacial score (nSPS) is 21.8. The number of ketones is 1. The van der Waals surface area contributed by atoms with E-state index in [1.54, 1.807) is 72.8 Å². The Morgan fingerprint density at radius 3 is 1.93 bits per heavy atom. The van der Waals surface area contributed by atoms with Gasteiger partial charge >= 0.3 is 0 Å². The third-order valence-corrected chi connectivity index (χ3v) is 7.71. The van der Waals surface area contributed by atoms with E-state index in [-0.39, 0.29) is 6.42 Å². The van der Waals surface area contributed by atoms with E-state index in [2.05, 4.69) is 10.6 Å². The van der Waals surface area contributed by atoms with Gasteiger partial charge < -0.3 is 20.5 Å². The Bertz CT molecular complexity index is 1530. The van der Waals surface area contributed by atoms with Gasteiger partial charge in [-0.25, -0.2) is 0 Å². The second-order valence-corrected chi connectivity index (χ2v) is 11.0. The van der Waals surface area contributed by atoms with Crippen molar-refractivity contribution in [3.05, 3.63) is 126 Å². The van der Waals surface area contributed by atoms with E-state index < -0.39 is 41.0 Å². The van der Waals surface area contributed by atoms with Crippen LogP contribution in [0.3, 0.4) is 0 Å². The highest BCUT2D eigenvalue weighted by atomic mass is 16.5. The van der Waals surface area contributed by atoms with Gasteiger partial charge in [-0.2, -0.15) is 0 Å². The molecule has 0 saturated heterocycles. The SMILES string of the molecule is Cc1ccc(COc2ccc(C3C(C(=O)Nc4ccccc4)C(=O)CC(C)(O)C3C(=O)Nc3ccccc3)cc2)cc1. The van der Waals surface area contributed by atoms with Crippen LogP contribution in [0.5, 0.6) is 5.75 Å². The molecule has 0 spiro atoms.